The Morgan fingerprint density at radius 2 is 1.83 bits per heavy atom. The van der Waals surface area contributed by atoms with Crippen LogP contribution in [-0.4, -0.2) is 30.1 Å². The Bertz CT molecular complexity index is 1110. The third-order valence-corrected chi connectivity index (χ3v) is 7.80. The van der Waals surface area contributed by atoms with Crippen molar-refractivity contribution in [2.45, 2.75) is 63.6 Å². The first kappa shape index (κ1) is 22.4. The van der Waals surface area contributed by atoms with E-state index in [1.54, 1.807) is 0 Å². The van der Waals surface area contributed by atoms with E-state index >= 15 is 0 Å². The summed E-state index contributed by atoms with van der Waals surface area (Å²) in [7, 11) is 0. The summed E-state index contributed by atoms with van der Waals surface area (Å²) < 4.78 is 23.2. The van der Waals surface area contributed by atoms with Crippen LogP contribution < -0.4 is 14.8 Å². The zero-order valence-electron chi connectivity index (χ0n) is 19.7. The van der Waals surface area contributed by atoms with Gasteiger partial charge in [0.1, 0.15) is 0 Å². The lowest BCUT2D eigenvalue weighted by molar-refractivity contribution is -0.150. The molecule has 7 nitrogen and oxygen atoms in total. The van der Waals surface area contributed by atoms with Crippen molar-refractivity contribution in [3.8, 4) is 11.5 Å². The number of ether oxygens (including phenoxy) is 4. The van der Waals surface area contributed by atoms with Crippen molar-refractivity contribution in [1.29, 1.82) is 0 Å². The van der Waals surface area contributed by atoms with E-state index in [9.17, 15) is 9.90 Å². The Labute approximate surface area is 205 Å². The van der Waals surface area contributed by atoms with Gasteiger partial charge >= 0.3 is 0 Å². The van der Waals surface area contributed by atoms with Gasteiger partial charge in [0.25, 0.3) is 5.91 Å². The van der Waals surface area contributed by atoms with Crippen LogP contribution in [0.1, 0.15) is 54.7 Å². The Morgan fingerprint density at radius 3 is 2.60 bits per heavy atom. The zero-order valence-corrected chi connectivity index (χ0v) is 19.7. The lowest BCUT2D eigenvalue weighted by atomic mass is 9.92. The predicted molar refractivity (Wildman–Crippen MR) is 127 cm³/mol. The van der Waals surface area contributed by atoms with Crippen LogP contribution in [0.25, 0.3) is 0 Å². The highest BCUT2D eigenvalue weighted by Crippen LogP contribution is 2.45. The second kappa shape index (κ2) is 9.55. The molecule has 5 atom stereocenters. The van der Waals surface area contributed by atoms with Gasteiger partial charge in [-0.15, -0.1) is 0 Å². The molecule has 35 heavy (non-hydrogen) atoms. The van der Waals surface area contributed by atoms with E-state index in [0.29, 0.717) is 24.7 Å². The maximum absolute atomic E-state index is 13.3. The number of aliphatic hydroxyl groups excluding tert-OH is 1. The predicted octanol–water partition coefficient (Wildman–Crippen LogP) is 4.14. The monoisotopic (exact) mass is 477 g/mol. The van der Waals surface area contributed by atoms with Crippen LogP contribution >= 0.6 is 0 Å². The smallest absolute Gasteiger partial charge is 0.286 e. The van der Waals surface area contributed by atoms with Gasteiger partial charge in [0, 0.05) is 18.4 Å². The first-order valence-electron chi connectivity index (χ1n) is 12.5. The van der Waals surface area contributed by atoms with E-state index in [4.69, 9.17) is 18.9 Å². The molecule has 2 fully saturated rings. The lowest BCUT2D eigenvalue weighted by Gasteiger charge is -2.31. The number of hydrogen-bond donors (Lipinski definition) is 2. The number of nitrogens with one attached hydrogen (secondary N) is 1. The summed E-state index contributed by atoms with van der Waals surface area (Å²) in [6.07, 6.45) is 6.72. The molecule has 6 rings (SSSR count). The largest absolute Gasteiger partial charge is 0.459 e. The highest BCUT2D eigenvalue weighted by molar-refractivity contribution is 5.92. The van der Waals surface area contributed by atoms with Crippen LogP contribution in [0.3, 0.4) is 0 Å². The molecule has 0 radical (unpaired) electrons. The minimum Gasteiger partial charge on any atom is -0.459 e. The van der Waals surface area contributed by atoms with E-state index < -0.39 is 6.29 Å². The van der Waals surface area contributed by atoms with Gasteiger partial charge in [0.2, 0.25) is 13.1 Å². The maximum Gasteiger partial charge on any atom is 0.286 e. The molecule has 0 spiro atoms. The number of benzene rings is 2. The number of amides is 1. The molecular weight excluding hydrogens is 446 g/mol. The van der Waals surface area contributed by atoms with E-state index in [-0.39, 0.29) is 31.3 Å². The van der Waals surface area contributed by atoms with Crippen LogP contribution in [-0.2, 0) is 27.5 Å². The van der Waals surface area contributed by atoms with Gasteiger partial charge in [0.05, 0.1) is 13.2 Å². The molecule has 3 unspecified atom stereocenters. The Balaban J connectivity index is 1.19. The van der Waals surface area contributed by atoms with Crippen molar-refractivity contribution in [2.75, 3.05) is 6.79 Å². The first-order valence-corrected chi connectivity index (χ1v) is 12.5. The first-order chi connectivity index (χ1) is 17.1. The molecule has 2 aliphatic carbocycles. The van der Waals surface area contributed by atoms with Crippen molar-refractivity contribution in [3.63, 3.8) is 0 Å². The highest BCUT2D eigenvalue weighted by atomic mass is 16.7. The standard InChI is InChI=1S/C28H31NO6/c30-14-17-1-3-18(4-2-17)15-32-27-13-22(20-7-8-24-25(11-20)34-16-33-24)12-26(35-27)28(31)29-23-10-19-5-6-21(23)9-19/h1-4,7-8,11-12,19,21-23,27,30H,5-6,9-10,13-16H2,(H,29,31)/t19?,21?,22-,23?,27+/m0/s1. The molecule has 2 N–H and O–H groups in total. The molecule has 7 heteroatoms. The minimum atomic E-state index is -0.561. The fourth-order valence-corrected chi connectivity index (χ4v) is 5.89. The summed E-state index contributed by atoms with van der Waals surface area (Å²) in [5.74, 6) is 2.90. The molecule has 2 aliphatic heterocycles. The average molecular weight is 478 g/mol. The second-order valence-electron chi connectivity index (χ2n) is 10.1. The quantitative estimate of drug-likeness (QED) is 0.623. The summed E-state index contributed by atoms with van der Waals surface area (Å²) in [6.45, 7) is 0.585. The van der Waals surface area contributed by atoms with Gasteiger partial charge in [-0.05, 0) is 66.0 Å². The number of aliphatic hydroxyl groups is 1. The topological polar surface area (TPSA) is 86.3 Å². The summed E-state index contributed by atoms with van der Waals surface area (Å²) >= 11 is 0. The van der Waals surface area contributed by atoms with Crippen LogP contribution in [0.4, 0.5) is 0 Å². The SMILES string of the molecule is O=C(NC1CC2CCC1C2)C1=C[C@H](c2ccc3c(c2)OCO3)C[C@H](OCc2ccc(CO)cc2)O1. The summed E-state index contributed by atoms with van der Waals surface area (Å²) in [6, 6.07) is 13.8. The van der Waals surface area contributed by atoms with Crippen LogP contribution in [0.15, 0.2) is 54.3 Å². The molecule has 1 amide bonds. The number of rotatable bonds is 7. The molecule has 2 heterocycles. The van der Waals surface area contributed by atoms with Gasteiger partial charge in [-0.3, -0.25) is 4.79 Å². The summed E-state index contributed by atoms with van der Waals surface area (Å²) in [5, 5.41) is 12.5. The third-order valence-electron chi connectivity index (χ3n) is 7.80. The third kappa shape index (κ3) is 4.75. The molecular formula is C28H31NO6. The number of allylic oxidation sites excluding steroid dienone is 1. The van der Waals surface area contributed by atoms with Gasteiger partial charge < -0.3 is 29.4 Å². The van der Waals surface area contributed by atoms with E-state index in [1.807, 2.05) is 48.5 Å². The second-order valence-corrected chi connectivity index (χ2v) is 10.1. The normalized spacial score (nSPS) is 28.5. The van der Waals surface area contributed by atoms with Crippen molar-refractivity contribution < 1.29 is 28.8 Å². The van der Waals surface area contributed by atoms with E-state index in [2.05, 4.69) is 5.32 Å². The van der Waals surface area contributed by atoms with Gasteiger partial charge in [-0.25, -0.2) is 0 Å². The zero-order chi connectivity index (χ0) is 23.8. The Kier molecular flexibility index (Phi) is 6.12. The number of fused-ring (bicyclic) bond motifs is 3. The van der Waals surface area contributed by atoms with E-state index in [0.717, 1.165) is 40.5 Å². The van der Waals surface area contributed by atoms with Gasteiger partial charge in [-0.2, -0.15) is 0 Å². The lowest BCUT2D eigenvalue weighted by Crippen LogP contribution is -2.41. The molecule has 2 aromatic carbocycles. The van der Waals surface area contributed by atoms with Crippen LogP contribution in [0.5, 0.6) is 11.5 Å². The Morgan fingerprint density at radius 1 is 1.00 bits per heavy atom. The van der Waals surface area contributed by atoms with Crippen LogP contribution in [0.2, 0.25) is 0 Å². The van der Waals surface area contributed by atoms with Crippen LogP contribution in [0, 0.1) is 11.8 Å². The molecule has 0 aromatic heterocycles. The maximum atomic E-state index is 13.3. The Hall–Kier alpha value is -3.03. The summed E-state index contributed by atoms with van der Waals surface area (Å²) in [4.78, 5) is 13.3. The fourth-order valence-electron chi connectivity index (χ4n) is 5.89. The van der Waals surface area contributed by atoms with Crippen molar-refractivity contribution in [3.05, 3.63) is 71.0 Å². The van der Waals surface area contributed by atoms with Crippen molar-refractivity contribution in [2.24, 2.45) is 11.8 Å². The molecule has 2 bridgehead atoms. The van der Waals surface area contributed by atoms with Gasteiger partial charge in [0.15, 0.2) is 17.3 Å². The highest BCUT2D eigenvalue weighted by Gasteiger charge is 2.41. The van der Waals surface area contributed by atoms with E-state index in [1.165, 1.54) is 19.3 Å². The molecule has 0 saturated heterocycles. The van der Waals surface area contributed by atoms with Gasteiger partial charge in [-0.1, -0.05) is 36.8 Å². The summed E-state index contributed by atoms with van der Waals surface area (Å²) in [5.41, 5.74) is 2.87. The molecule has 184 valence electrons. The minimum absolute atomic E-state index is 0.00987. The molecule has 2 aromatic rings. The van der Waals surface area contributed by atoms with Crippen molar-refractivity contribution in [1.82, 2.24) is 5.32 Å². The average Bonchev–Trinajstić information content (AvgIpc) is 3.64. The molecule has 2 saturated carbocycles. The number of hydrogen-bond acceptors (Lipinski definition) is 6. The number of carbonyl (C=O) groups excluding carboxylic acids is 1. The fraction of sp³-hybridized carbons (Fsp3) is 0.464. The van der Waals surface area contributed by atoms with Crippen molar-refractivity contribution >= 4 is 5.91 Å². The molecule has 4 aliphatic rings. The number of carbonyl (C=O) groups is 1.